The molecule has 2 aliphatic heterocycles. The summed E-state index contributed by atoms with van der Waals surface area (Å²) in [6, 6.07) is 8.05. The van der Waals surface area contributed by atoms with Gasteiger partial charge in [0.1, 0.15) is 28.5 Å². The predicted molar refractivity (Wildman–Crippen MR) is 202 cm³/mol. The summed E-state index contributed by atoms with van der Waals surface area (Å²) in [7, 11) is 0. The molecule has 2 aromatic carbocycles. The van der Waals surface area contributed by atoms with Crippen molar-refractivity contribution in [2.75, 3.05) is 39.3 Å². The van der Waals surface area contributed by atoms with Crippen molar-refractivity contribution in [3.05, 3.63) is 76.5 Å². The largest absolute Gasteiger partial charge is 0.444 e. The molecule has 4 N–H and O–H groups in total. The average molecular weight is 788 g/mol. The number of alkyl halides is 3. The van der Waals surface area contributed by atoms with Crippen LogP contribution < -0.4 is 11.1 Å². The number of likely N-dealkylation sites (tertiary alicyclic amines) is 1. The highest BCUT2D eigenvalue weighted by atomic mass is 19.4. The van der Waals surface area contributed by atoms with E-state index in [1.165, 1.54) is 18.3 Å². The van der Waals surface area contributed by atoms with Crippen LogP contribution in [0.1, 0.15) is 70.2 Å². The number of rotatable bonds is 10. The van der Waals surface area contributed by atoms with E-state index in [0.717, 1.165) is 46.0 Å². The van der Waals surface area contributed by atoms with Crippen molar-refractivity contribution in [1.29, 1.82) is 0 Å². The summed E-state index contributed by atoms with van der Waals surface area (Å²) >= 11 is 0. The topological polar surface area (TPSA) is 145 Å². The molecule has 2 fully saturated rings. The van der Waals surface area contributed by atoms with E-state index in [1.54, 1.807) is 30.0 Å². The van der Waals surface area contributed by atoms with E-state index < -0.39 is 40.6 Å². The normalized spacial score (nSPS) is 17.1. The molecular weight excluding hydrogens is 737 g/mol. The first-order chi connectivity index (χ1) is 26.3. The molecule has 0 spiro atoms. The Bertz CT molecular complexity index is 1920. The number of hydrogen-bond donors (Lipinski definition) is 3. The number of piperazine rings is 1. The number of piperidine rings is 1. The summed E-state index contributed by atoms with van der Waals surface area (Å²) in [6.07, 6.45) is -0.856. The van der Waals surface area contributed by atoms with Crippen molar-refractivity contribution < 1.29 is 36.3 Å². The standard InChI is InChI=1S/C39H50F5N9O3/c1-24-17-25(7-8-32(24)46-21-27(20-45)34(54)47-22-33-48-35(50-49-33)38(5,6)39(42,43)44)26-18-30(40)29(31(41)19-26)23-51-11-9-28(10-12-51)52-13-15-53(16-14-52)36(55)56-37(2,3)4/h7-8,17-21,28H,9-16,22-23,45H2,1-6H3,(H,47,54)(H,48,49,50)/b27-20+,46-21?. The molecule has 1 aromatic heterocycles. The smallest absolute Gasteiger partial charge is 0.410 e. The molecule has 2 aliphatic rings. The van der Waals surface area contributed by atoms with Crippen molar-refractivity contribution in [3.63, 3.8) is 0 Å². The minimum Gasteiger partial charge on any atom is -0.444 e. The number of aromatic amines is 1. The lowest BCUT2D eigenvalue weighted by Gasteiger charge is -2.42. The van der Waals surface area contributed by atoms with Crippen LogP contribution in [0, 0.1) is 18.6 Å². The number of carbonyl (C=O) groups is 2. The van der Waals surface area contributed by atoms with Crippen molar-refractivity contribution in [2.45, 2.75) is 90.7 Å². The molecule has 304 valence electrons. The highest BCUT2D eigenvalue weighted by molar-refractivity contribution is 6.12. The number of ether oxygens (including phenoxy) is 1. The minimum atomic E-state index is -4.57. The van der Waals surface area contributed by atoms with Crippen LogP contribution in [0.2, 0.25) is 0 Å². The van der Waals surface area contributed by atoms with Crippen molar-refractivity contribution in [3.8, 4) is 11.1 Å². The second-order valence-electron chi connectivity index (χ2n) is 15.7. The lowest BCUT2D eigenvalue weighted by atomic mass is 9.92. The van der Waals surface area contributed by atoms with Crippen molar-refractivity contribution >= 4 is 23.9 Å². The van der Waals surface area contributed by atoms with E-state index in [-0.39, 0.29) is 36.1 Å². The van der Waals surface area contributed by atoms with Crippen LogP contribution in [-0.2, 0) is 28.0 Å². The van der Waals surface area contributed by atoms with Gasteiger partial charge in [-0.25, -0.2) is 18.6 Å². The maximum Gasteiger partial charge on any atom is 0.410 e. The van der Waals surface area contributed by atoms with E-state index in [9.17, 15) is 22.8 Å². The monoisotopic (exact) mass is 787 g/mol. The Morgan fingerprint density at radius 2 is 1.62 bits per heavy atom. The van der Waals surface area contributed by atoms with Crippen LogP contribution >= 0.6 is 0 Å². The molecule has 17 heteroatoms. The molecule has 2 amide bonds. The molecule has 0 bridgehead atoms. The predicted octanol–water partition coefficient (Wildman–Crippen LogP) is 6.28. The summed E-state index contributed by atoms with van der Waals surface area (Å²) in [5.74, 6) is -2.34. The Labute approximate surface area is 323 Å². The third-order valence-corrected chi connectivity index (χ3v) is 10.1. The molecule has 2 saturated heterocycles. The van der Waals surface area contributed by atoms with Crippen LogP contribution in [0.25, 0.3) is 11.1 Å². The molecule has 0 unspecified atom stereocenters. The van der Waals surface area contributed by atoms with E-state index in [0.29, 0.717) is 54.6 Å². The summed E-state index contributed by atoms with van der Waals surface area (Å²) < 4.78 is 76.4. The number of nitrogens with one attached hydrogen (secondary N) is 2. The third-order valence-electron chi connectivity index (χ3n) is 10.1. The summed E-state index contributed by atoms with van der Waals surface area (Å²) in [5.41, 5.74) is 4.90. The second kappa shape index (κ2) is 17.1. The van der Waals surface area contributed by atoms with Gasteiger partial charge in [0.05, 0.1) is 17.8 Å². The Morgan fingerprint density at radius 1 is 0.982 bits per heavy atom. The second-order valence-corrected chi connectivity index (χ2v) is 15.7. The first-order valence-electron chi connectivity index (χ1n) is 18.5. The molecule has 56 heavy (non-hydrogen) atoms. The number of aliphatic imine (C=N–C) groups is 1. The first kappa shape index (κ1) is 42.2. The molecule has 3 aromatic rings. The molecule has 0 saturated carbocycles. The van der Waals surface area contributed by atoms with Crippen LogP contribution in [-0.4, -0.2) is 105 Å². The van der Waals surface area contributed by atoms with Gasteiger partial charge in [-0.05, 0) is 108 Å². The highest BCUT2D eigenvalue weighted by Crippen LogP contribution is 2.38. The molecule has 5 rings (SSSR count). The molecule has 0 radical (unpaired) electrons. The highest BCUT2D eigenvalue weighted by Gasteiger charge is 2.51. The summed E-state index contributed by atoms with van der Waals surface area (Å²) in [5, 5.41) is 8.57. The van der Waals surface area contributed by atoms with Crippen molar-refractivity contribution in [2.24, 2.45) is 10.7 Å². The zero-order valence-corrected chi connectivity index (χ0v) is 32.6. The maximum atomic E-state index is 15.4. The van der Waals surface area contributed by atoms with Gasteiger partial charge in [0.2, 0.25) is 0 Å². The number of aryl methyl sites for hydroxylation is 1. The van der Waals surface area contributed by atoms with Gasteiger partial charge in [-0.2, -0.15) is 18.3 Å². The first-order valence-corrected chi connectivity index (χ1v) is 18.5. The SMILES string of the molecule is Cc1cc(-c2cc(F)c(CN3CCC(N4CCN(C(=O)OC(C)(C)C)CC4)CC3)c(F)c2)ccc1N=C/C(=C\N)C(=O)NCc1nc(C(C)(C)C(F)(F)F)n[nH]1. The summed E-state index contributed by atoms with van der Waals surface area (Å²) in [4.78, 5) is 39.6. The molecule has 3 heterocycles. The third kappa shape index (κ3) is 10.3. The molecule has 12 nitrogen and oxygen atoms in total. The number of carbonyl (C=O) groups excluding carboxylic acids is 2. The number of amides is 2. The van der Waals surface area contributed by atoms with Gasteiger partial charge >= 0.3 is 12.3 Å². The Morgan fingerprint density at radius 3 is 2.20 bits per heavy atom. The van der Waals surface area contributed by atoms with E-state index in [2.05, 4.69) is 35.3 Å². The fraction of sp³-hybridized carbons (Fsp3) is 0.513. The van der Waals surface area contributed by atoms with Gasteiger partial charge < -0.3 is 20.7 Å². The number of benzene rings is 2. The van der Waals surface area contributed by atoms with Crippen LogP contribution in [0.3, 0.4) is 0 Å². The van der Waals surface area contributed by atoms with Gasteiger partial charge in [0.15, 0.2) is 5.82 Å². The number of nitrogens with two attached hydrogens (primary N) is 1. The molecule has 0 aliphatic carbocycles. The minimum absolute atomic E-state index is 0.0180. The summed E-state index contributed by atoms with van der Waals surface area (Å²) in [6.45, 7) is 13.3. The van der Waals surface area contributed by atoms with E-state index in [1.807, 2.05) is 20.8 Å². The number of H-pyrrole nitrogens is 1. The van der Waals surface area contributed by atoms with Crippen molar-refractivity contribution in [1.82, 2.24) is 35.2 Å². The fourth-order valence-corrected chi connectivity index (χ4v) is 6.53. The number of hydrogen-bond acceptors (Lipinski definition) is 9. The van der Waals surface area contributed by atoms with E-state index in [4.69, 9.17) is 10.5 Å². The van der Waals surface area contributed by atoms with Gasteiger partial charge in [-0.3, -0.25) is 24.7 Å². The number of nitrogens with zero attached hydrogens (tertiary/aromatic N) is 6. The Balaban J connectivity index is 1.13. The number of halogens is 5. The lowest BCUT2D eigenvalue weighted by molar-refractivity contribution is -0.182. The van der Waals surface area contributed by atoms with Crippen LogP contribution in [0.4, 0.5) is 32.4 Å². The quantitative estimate of drug-likeness (QED) is 0.124. The van der Waals surface area contributed by atoms with Gasteiger partial charge in [0, 0.05) is 56.7 Å². The fourth-order valence-electron chi connectivity index (χ4n) is 6.53. The average Bonchev–Trinajstić information content (AvgIpc) is 3.62. The van der Waals surface area contributed by atoms with Crippen LogP contribution in [0.5, 0.6) is 0 Å². The molecular formula is C39H50F5N9O3. The Kier molecular flexibility index (Phi) is 12.9. The molecule has 0 atom stereocenters. The number of aromatic nitrogens is 3. The van der Waals surface area contributed by atoms with Gasteiger partial charge in [0.25, 0.3) is 5.91 Å². The van der Waals surface area contributed by atoms with E-state index >= 15 is 8.78 Å². The van der Waals surface area contributed by atoms with Gasteiger partial charge in [-0.15, -0.1) is 0 Å². The van der Waals surface area contributed by atoms with Crippen LogP contribution in [0.15, 0.2) is 47.1 Å². The zero-order valence-electron chi connectivity index (χ0n) is 32.6. The lowest BCUT2D eigenvalue weighted by Crippen LogP contribution is -2.54. The van der Waals surface area contributed by atoms with Gasteiger partial charge in [-0.1, -0.05) is 6.07 Å². The maximum absolute atomic E-state index is 15.4. The Hall–Kier alpha value is -4.90. The zero-order chi connectivity index (χ0) is 41.0.